The molecule has 0 bridgehead atoms. The molecule has 3 aromatic rings. The van der Waals surface area contributed by atoms with E-state index in [0.717, 1.165) is 29.8 Å². The summed E-state index contributed by atoms with van der Waals surface area (Å²) in [6.07, 6.45) is 1.79. The number of carbonyl (C=O) groups is 2. The van der Waals surface area contributed by atoms with Crippen molar-refractivity contribution in [2.24, 2.45) is 0 Å². The molecule has 33 heavy (non-hydrogen) atoms. The highest BCUT2D eigenvalue weighted by Crippen LogP contribution is 2.34. The zero-order valence-corrected chi connectivity index (χ0v) is 19.8. The molecule has 1 aliphatic heterocycles. The van der Waals surface area contributed by atoms with Crippen LogP contribution in [0.15, 0.2) is 59.8 Å². The lowest BCUT2D eigenvalue weighted by Gasteiger charge is -2.24. The van der Waals surface area contributed by atoms with Crippen LogP contribution in [-0.2, 0) is 17.9 Å². The monoisotopic (exact) mass is 463 g/mol. The van der Waals surface area contributed by atoms with Crippen molar-refractivity contribution in [1.82, 2.24) is 25.0 Å². The minimum absolute atomic E-state index is 0.0290. The van der Waals surface area contributed by atoms with Gasteiger partial charge in [-0.05, 0) is 44.4 Å². The number of nitrogens with one attached hydrogen (secondary N) is 1. The number of aromatic nitrogens is 3. The topological polar surface area (TPSA) is 80.1 Å². The first-order valence-corrected chi connectivity index (χ1v) is 12.3. The maximum absolute atomic E-state index is 13.2. The molecule has 7 nitrogen and oxygen atoms in total. The van der Waals surface area contributed by atoms with Crippen molar-refractivity contribution in [2.45, 2.75) is 51.0 Å². The van der Waals surface area contributed by atoms with Gasteiger partial charge in [-0.1, -0.05) is 59.8 Å². The molecular weight excluding hydrogens is 434 g/mol. The van der Waals surface area contributed by atoms with Crippen molar-refractivity contribution in [3.8, 4) is 0 Å². The summed E-state index contributed by atoms with van der Waals surface area (Å²) >= 11 is 1.38. The fraction of sp³-hybridized carbons (Fsp3) is 0.360. The van der Waals surface area contributed by atoms with E-state index in [1.807, 2.05) is 77.9 Å². The smallest absolute Gasteiger partial charge is 0.254 e. The summed E-state index contributed by atoms with van der Waals surface area (Å²) in [7, 11) is 0. The highest BCUT2D eigenvalue weighted by molar-refractivity contribution is 7.99. The van der Waals surface area contributed by atoms with Crippen LogP contribution in [0.4, 0.5) is 0 Å². The quantitative estimate of drug-likeness (QED) is 0.511. The Labute approximate surface area is 198 Å². The van der Waals surface area contributed by atoms with E-state index >= 15 is 0 Å². The summed E-state index contributed by atoms with van der Waals surface area (Å²) in [4.78, 5) is 27.4. The molecule has 2 aromatic carbocycles. The Morgan fingerprint density at radius 2 is 1.94 bits per heavy atom. The van der Waals surface area contributed by atoms with Gasteiger partial charge in [-0.15, -0.1) is 10.2 Å². The molecule has 0 radical (unpaired) electrons. The van der Waals surface area contributed by atoms with Crippen LogP contribution in [0.2, 0.25) is 0 Å². The first kappa shape index (κ1) is 23.0. The van der Waals surface area contributed by atoms with Crippen LogP contribution < -0.4 is 5.32 Å². The van der Waals surface area contributed by atoms with Gasteiger partial charge in [0.1, 0.15) is 0 Å². The van der Waals surface area contributed by atoms with Crippen LogP contribution in [0.1, 0.15) is 53.1 Å². The van der Waals surface area contributed by atoms with E-state index < -0.39 is 0 Å². The molecule has 4 rings (SSSR count). The number of carbonyl (C=O) groups excluding carboxylic acids is 2. The summed E-state index contributed by atoms with van der Waals surface area (Å²) in [5.74, 6) is 1.04. The molecule has 0 aliphatic carbocycles. The van der Waals surface area contributed by atoms with Gasteiger partial charge in [0, 0.05) is 25.2 Å². The lowest BCUT2D eigenvalue weighted by Crippen LogP contribution is -2.32. The van der Waals surface area contributed by atoms with Gasteiger partial charge in [0.15, 0.2) is 11.0 Å². The first-order chi connectivity index (χ1) is 16.1. The lowest BCUT2D eigenvalue weighted by atomic mass is 10.1. The van der Waals surface area contributed by atoms with E-state index in [1.165, 1.54) is 11.8 Å². The number of hydrogen-bond acceptors (Lipinski definition) is 5. The molecule has 8 heteroatoms. The molecule has 1 atom stereocenters. The van der Waals surface area contributed by atoms with Crippen molar-refractivity contribution in [3.05, 3.63) is 77.1 Å². The minimum atomic E-state index is -0.105. The summed E-state index contributed by atoms with van der Waals surface area (Å²) in [6.45, 7) is 5.92. The van der Waals surface area contributed by atoms with E-state index in [4.69, 9.17) is 0 Å². The predicted octanol–water partition coefficient (Wildman–Crippen LogP) is 3.99. The molecule has 1 unspecified atom stereocenters. The second kappa shape index (κ2) is 10.7. The van der Waals surface area contributed by atoms with Crippen LogP contribution in [0.3, 0.4) is 0 Å². The van der Waals surface area contributed by atoms with Crippen LogP contribution >= 0.6 is 11.8 Å². The van der Waals surface area contributed by atoms with Crippen molar-refractivity contribution in [3.63, 3.8) is 0 Å². The number of likely N-dealkylation sites (tertiary alicyclic amines) is 1. The molecule has 1 saturated heterocycles. The third-order valence-electron chi connectivity index (χ3n) is 5.80. The molecule has 2 heterocycles. The third kappa shape index (κ3) is 5.45. The van der Waals surface area contributed by atoms with Crippen LogP contribution in [0.25, 0.3) is 0 Å². The van der Waals surface area contributed by atoms with Crippen molar-refractivity contribution < 1.29 is 9.59 Å². The molecule has 0 spiro atoms. The second-order valence-electron chi connectivity index (χ2n) is 8.16. The van der Waals surface area contributed by atoms with Gasteiger partial charge in [0.05, 0.1) is 11.8 Å². The molecule has 1 aromatic heterocycles. The number of thioether (sulfide) groups is 1. The van der Waals surface area contributed by atoms with E-state index in [2.05, 4.69) is 15.5 Å². The molecule has 1 fully saturated rings. The maximum Gasteiger partial charge on any atom is 0.254 e. The van der Waals surface area contributed by atoms with Gasteiger partial charge < -0.3 is 14.8 Å². The standard InChI is InChI=1S/C25H29N5O2S/c1-3-29-23(21-13-8-14-30(21)24(32)20-12-7-9-18(2)15-20)27-28-25(29)33-17-22(31)26-16-19-10-5-4-6-11-19/h4-7,9-12,15,21H,3,8,13-14,16-17H2,1-2H3,(H,26,31). The van der Waals surface area contributed by atoms with Crippen LogP contribution in [0.5, 0.6) is 0 Å². The SMILES string of the molecule is CCn1c(SCC(=O)NCc2ccccc2)nnc1C1CCCN1C(=O)c1cccc(C)c1. The number of rotatable bonds is 8. The molecule has 172 valence electrons. The van der Waals surface area contributed by atoms with Gasteiger partial charge in [0.25, 0.3) is 5.91 Å². The second-order valence-corrected chi connectivity index (χ2v) is 9.10. The van der Waals surface area contributed by atoms with E-state index in [1.54, 1.807) is 0 Å². The molecule has 2 amide bonds. The summed E-state index contributed by atoms with van der Waals surface area (Å²) in [6, 6.07) is 17.4. The molecule has 1 N–H and O–H groups in total. The Kier molecular flexibility index (Phi) is 7.44. The predicted molar refractivity (Wildman–Crippen MR) is 129 cm³/mol. The minimum Gasteiger partial charge on any atom is -0.351 e. The summed E-state index contributed by atoms with van der Waals surface area (Å²) in [5.41, 5.74) is 2.83. The Morgan fingerprint density at radius 3 is 2.70 bits per heavy atom. The van der Waals surface area contributed by atoms with Gasteiger partial charge in [-0.25, -0.2) is 0 Å². The Hall–Kier alpha value is -3.13. The zero-order valence-electron chi connectivity index (χ0n) is 19.0. The van der Waals surface area contributed by atoms with E-state index in [-0.39, 0.29) is 23.6 Å². The molecule has 1 aliphatic rings. The number of hydrogen-bond donors (Lipinski definition) is 1. The van der Waals surface area contributed by atoms with Crippen molar-refractivity contribution in [2.75, 3.05) is 12.3 Å². The lowest BCUT2D eigenvalue weighted by molar-refractivity contribution is -0.118. The average Bonchev–Trinajstić information content (AvgIpc) is 3.48. The summed E-state index contributed by atoms with van der Waals surface area (Å²) < 4.78 is 2.03. The van der Waals surface area contributed by atoms with Crippen molar-refractivity contribution in [1.29, 1.82) is 0 Å². The number of benzene rings is 2. The normalized spacial score (nSPS) is 15.6. The Morgan fingerprint density at radius 1 is 1.12 bits per heavy atom. The Bertz CT molecular complexity index is 1110. The van der Waals surface area contributed by atoms with E-state index in [0.29, 0.717) is 30.4 Å². The highest BCUT2D eigenvalue weighted by Gasteiger charge is 2.34. The zero-order chi connectivity index (χ0) is 23.2. The molecular formula is C25H29N5O2S. The maximum atomic E-state index is 13.2. The Balaban J connectivity index is 1.42. The first-order valence-electron chi connectivity index (χ1n) is 11.3. The number of amides is 2. The highest BCUT2D eigenvalue weighted by atomic mass is 32.2. The van der Waals surface area contributed by atoms with Gasteiger partial charge in [-0.3, -0.25) is 9.59 Å². The third-order valence-corrected chi connectivity index (χ3v) is 6.77. The molecule has 0 saturated carbocycles. The summed E-state index contributed by atoms with van der Waals surface area (Å²) in [5, 5.41) is 12.5. The van der Waals surface area contributed by atoms with Gasteiger partial charge in [-0.2, -0.15) is 0 Å². The van der Waals surface area contributed by atoms with Crippen LogP contribution in [-0.4, -0.2) is 43.8 Å². The fourth-order valence-electron chi connectivity index (χ4n) is 4.15. The average molecular weight is 464 g/mol. The number of aryl methyl sites for hydroxylation is 1. The largest absolute Gasteiger partial charge is 0.351 e. The van der Waals surface area contributed by atoms with Crippen LogP contribution in [0, 0.1) is 6.92 Å². The number of nitrogens with zero attached hydrogens (tertiary/aromatic N) is 4. The van der Waals surface area contributed by atoms with Gasteiger partial charge >= 0.3 is 0 Å². The van der Waals surface area contributed by atoms with Crippen molar-refractivity contribution >= 4 is 23.6 Å². The fourth-order valence-corrected chi connectivity index (χ4v) is 4.99. The van der Waals surface area contributed by atoms with E-state index in [9.17, 15) is 9.59 Å². The van der Waals surface area contributed by atoms with Gasteiger partial charge in [0.2, 0.25) is 5.91 Å².